The first-order valence-corrected chi connectivity index (χ1v) is 4.48. The van der Waals surface area contributed by atoms with E-state index in [0.29, 0.717) is 0 Å². The molecule has 0 saturated carbocycles. The summed E-state index contributed by atoms with van der Waals surface area (Å²) in [5, 5.41) is 0.736. The van der Waals surface area contributed by atoms with Gasteiger partial charge in [0.15, 0.2) is 0 Å². The zero-order valence-electron chi connectivity index (χ0n) is 7.01. The molecule has 0 aliphatic rings. The molecule has 0 fully saturated rings. The van der Waals surface area contributed by atoms with Crippen molar-refractivity contribution in [3.8, 4) is 0 Å². The number of halogens is 2. The Bertz CT molecular complexity index is 472. The SMILES string of the molecule is [2H]c1nc2c(F)cccc2cc1I. The van der Waals surface area contributed by atoms with E-state index in [1.165, 1.54) is 6.07 Å². The number of nitrogens with zero attached hydrogens (tertiary/aromatic N) is 1. The molecule has 60 valence electrons. The van der Waals surface area contributed by atoms with Gasteiger partial charge in [-0.3, -0.25) is 4.98 Å². The first kappa shape index (κ1) is 6.77. The molecule has 1 aromatic carbocycles. The van der Waals surface area contributed by atoms with Crippen LogP contribution in [0.3, 0.4) is 0 Å². The van der Waals surface area contributed by atoms with Gasteiger partial charge in [0.2, 0.25) is 0 Å². The van der Waals surface area contributed by atoms with Crippen LogP contribution in [0, 0.1) is 9.39 Å². The molecule has 1 aromatic heterocycles. The molecule has 3 heteroatoms. The minimum Gasteiger partial charge on any atom is -0.252 e. The average molecular weight is 274 g/mol. The van der Waals surface area contributed by atoms with E-state index >= 15 is 0 Å². The van der Waals surface area contributed by atoms with Crippen molar-refractivity contribution in [2.75, 3.05) is 0 Å². The van der Waals surface area contributed by atoms with Gasteiger partial charge in [-0.25, -0.2) is 4.39 Å². The predicted octanol–water partition coefficient (Wildman–Crippen LogP) is 2.98. The summed E-state index contributed by atoms with van der Waals surface area (Å²) >= 11 is 2.01. The number of hydrogen-bond donors (Lipinski definition) is 0. The Kier molecular flexibility index (Phi) is 1.68. The van der Waals surface area contributed by atoms with Crippen LogP contribution in [0.4, 0.5) is 4.39 Å². The molecule has 0 amide bonds. The fourth-order valence-electron chi connectivity index (χ4n) is 1.04. The third-order valence-corrected chi connectivity index (χ3v) is 2.13. The molecule has 0 radical (unpaired) electrons. The Morgan fingerprint density at radius 1 is 1.50 bits per heavy atom. The van der Waals surface area contributed by atoms with Gasteiger partial charge in [-0.1, -0.05) is 12.1 Å². The van der Waals surface area contributed by atoms with Crippen LogP contribution in [0.2, 0.25) is 0 Å². The Labute approximate surface area is 84.2 Å². The van der Waals surface area contributed by atoms with Gasteiger partial charge in [-0.05, 0) is 34.7 Å². The smallest absolute Gasteiger partial charge is 0.149 e. The van der Waals surface area contributed by atoms with Crippen LogP contribution >= 0.6 is 22.6 Å². The normalized spacial score (nSPS) is 11.7. The van der Waals surface area contributed by atoms with Crippen LogP contribution < -0.4 is 0 Å². The zero-order chi connectivity index (χ0) is 9.42. The minimum absolute atomic E-state index is 0.123. The Hall–Kier alpha value is -0.710. The number of benzene rings is 1. The molecule has 0 N–H and O–H groups in total. The molecule has 0 unspecified atom stereocenters. The van der Waals surface area contributed by atoms with Gasteiger partial charge < -0.3 is 0 Å². The van der Waals surface area contributed by atoms with Crippen molar-refractivity contribution < 1.29 is 5.76 Å². The maximum absolute atomic E-state index is 13.1. The molecule has 0 spiro atoms. The highest BCUT2D eigenvalue weighted by Crippen LogP contribution is 2.16. The van der Waals surface area contributed by atoms with Gasteiger partial charge in [-0.2, -0.15) is 0 Å². The van der Waals surface area contributed by atoms with Crippen molar-refractivity contribution in [3.63, 3.8) is 0 Å². The summed E-state index contributed by atoms with van der Waals surface area (Å²) in [5.74, 6) is -0.373. The van der Waals surface area contributed by atoms with E-state index in [0.717, 1.165) is 8.96 Å². The number of para-hydroxylation sites is 1. The van der Waals surface area contributed by atoms with Crippen LogP contribution in [-0.2, 0) is 0 Å². The largest absolute Gasteiger partial charge is 0.252 e. The van der Waals surface area contributed by atoms with Crippen molar-refractivity contribution in [1.29, 1.82) is 0 Å². The fourth-order valence-corrected chi connectivity index (χ4v) is 1.50. The lowest BCUT2D eigenvalue weighted by atomic mass is 10.2. The standard InChI is InChI=1S/C9H5FIN/c10-8-3-1-2-6-4-7(11)5-12-9(6)8/h1-5H/i5D. The molecule has 12 heavy (non-hydrogen) atoms. The maximum atomic E-state index is 13.1. The quantitative estimate of drug-likeness (QED) is 0.673. The van der Waals surface area contributed by atoms with Crippen molar-refractivity contribution >= 4 is 33.5 Å². The van der Waals surface area contributed by atoms with Crippen LogP contribution in [-0.4, -0.2) is 4.98 Å². The van der Waals surface area contributed by atoms with Crippen LogP contribution in [0.15, 0.2) is 30.4 Å². The lowest BCUT2D eigenvalue weighted by molar-refractivity contribution is 0.637. The molecule has 0 saturated heterocycles. The van der Waals surface area contributed by atoms with Gasteiger partial charge in [0.25, 0.3) is 0 Å². The Morgan fingerprint density at radius 3 is 3.17 bits per heavy atom. The summed E-state index contributed by atoms with van der Waals surface area (Å²) in [6, 6.07) is 6.53. The number of fused-ring (bicyclic) bond motifs is 1. The highest BCUT2D eigenvalue weighted by molar-refractivity contribution is 14.1. The van der Waals surface area contributed by atoms with Gasteiger partial charge in [-0.15, -0.1) is 0 Å². The second-order valence-electron chi connectivity index (χ2n) is 2.39. The van der Waals surface area contributed by atoms with E-state index in [2.05, 4.69) is 4.98 Å². The molecular weight excluding hydrogens is 268 g/mol. The number of hydrogen-bond acceptors (Lipinski definition) is 1. The van der Waals surface area contributed by atoms with Crippen molar-refractivity contribution in [1.82, 2.24) is 4.98 Å². The fraction of sp³-hybridized carbons (Fsp3) is 0. The Morgan fingerprint density at radius 2 is 2.33 bits per heavy atom. The second kappa shape index (κ2) is 2.97. The monoisotopic (exact) mass is 274 g/mol. The molecular formula is C9H5FIN. The summed E-state index contributed by atoms with van der Waals surface area (Å²) in [5.41, 5.74) is 0.271. The van der Waals surface area contributed by atoms with Crippen molar-refractivity contribution in [2.45, 2.75) is 0 Å². The summed E-state index contributed by atoms with van der Waals surface area (Å²) in [4.78, 5) is 3.86. The van der Waals surface area contributed by atoms with E-state index in [4.69, 9.17) is 1.37 Å². The molecule has 1 nitrogen and oxygen atoms in total. The highest BCUT2D eigenvalue weighted by Gasteiger charge is 2.00. The van der Waals surface area contributed by atoms with Crippen LogP contribution in [0.25, 0.3) is 10.9 Å². The third-order valence-electron chi connectivity index (χ3n) is 1.57. The second-order valence-corrected chi connectivity index (χ2v) is 3.56. The lowest BCUT2D eigenvalue weighted by Gasteiger charge is -1.97. The van der Waals surface area contributed by atoms with Crippen molar-refractivity contribution in [3.05, 3.63) is 39.8 Å². The van der Waals surface area contributed by atoms with Gasteiger partial charge in [0.1, 0.15) is 11.3 Å². The van der Waals surface area contributed by atoms with E-state index in [1.807, 2.05) is 22.6 Å². The molecule has 0 aliphatic heterocycles. The topological polar surface area (TPSA) is 12.9 Å². The predicted molar refractivity (Wildman–Crippen MR) is 54.4 cm³/mol. The first-order valence-electron chi connectivity index (χ1n) is 3.90. The van der Waals surface area contributed by atoms with E-state index < -0.39 is 0 Å². The average Bonchev–Trinajstić information content (AvgIpc) is 2.09. The highest BCUT2D eigenvalue weighted by atomic mass is 127. The molecule has 1 heterocycles. The summed E-state index contributed by atoms with van der Waals surface area (Å²) in [6.45, 7) is 0. The molecule has 0 bridgehead atoms. The molecule has 2 rings (SSSR count). The summed E-state index contributed by atoms with van der Waals surface area (Å²) in [6.07, 6.45) is 0.123. The van der Waals surface area contributed by atoms with Gasteiger partial charge in [0.05, 0.1) is 1.37 Å². The van der Waals surface area contributed by atoms with E-state index in [-0.39, 0.29) is 17.5 Å². The first-order chi connectivity index (χ1) is 6.18. The summed E-state index contributed by atoms with van der Waals surface area (Å²) < 4.78 is 21.3. The maximum Gasteiger partial charge on any atom is 0.149 e. The van der Waals surface area contributed by atoms with E-state index in [9.17, 15) is 4.39 Å². The van der Waals surface area contributed by atoms with Crippen molar-refractivity contribution in [2.24, 2.45) is 0 Å². The summed E-state index contributed by atoms with van der Waals surface area (Å²) in [7, 11) is 0. The number of pyridine rings is 1. The molecule has 0 aliphatic carbocycles. The zero-order valence-corrected chi connectivity index (χ0v) is 8.17. The minimum atomic E-state index is -0.373. The van der Waals surface area contributed by atoms with Gasteiger partial charge >= 0.3 is 0 Å². The molecule has 0 atom stereocenters. The lowest BCUT2D eigenvalue weighted by Crippen LogP contribution is -1.84. The molecule has 2 aromatic rings. The number of rotatable bonds is 0. The third kappa shape index (κ3) is 1.29. The van der Waals surface area contributed by atoms with E-state index in [1.54, 1.807) is 18.2 Å². The van der Waals surface area contributed by atoms with Crippen LogP contribution in [0.5, 0.6) is 0 Å². The van der Waals surface area contributed by atoms with Gasteiger partial charge in [0, 0.05) is 15.1 Å². The van der Waals surface area contributed by atoms with Crippen LogP contribution in [0.1, 0.15) is 1.37 Å². The number of aromatic nitrogens is 1. The Balaban J connectivity index is 2.89.